The summed E-state index contributed by atoms with van der Waals surface area (Å²) in [4.78, 5) is 32.0. The average Bonchev–Trinajstić information content (AvgIpc) is 3.29. The molecule has 190 valence electrons. The van der Waals surface area contributed by atoms with Crippen molar-refractivity contribution in [3.63, 3.8) is 0 Å². The van der Waals surface area contributed by atoms with Crippen LogP contribution >= 0.6 is 11.3 Å². The van der Waals surface area contributed by atoms with Gasteiger partial charge in [-0.05, 0) is 67.5 Å². The van der Waals surface area contributed by atoms with Crippen molar-refractivity contribution in [2.75, 3.05) is 7.11 Å². The first-order valence-corrected chi connectivity index (χ1v) is 13.0. The SMILES string of the molecule is COc1cc(/C=N\NC(=O)Cn2cnc3sc4c(c3c2=O)CCCC4)ccc1OCc1ccc(C)cc1. The molecule has 0 fully saturated rings. The third-order valence-electron chi connectivity index (χ3n) is 6.36. The molecule has 1 aliphatic rings. The van der Waals surface area contributed by atoms with Crippen molar-refractivity contribution in [2.24, 2.45) is 5.10 Å². The zero-order valence-corrected chi connectivity index (χ0v) is 21.6. The molecule has 1 aliphatic carbocycles. The Morgan fingerprint density at radius 1 is 1.16 bits per heavy atom. The maximum absolute atomic E-state index is 13.0. The largest absolute Gasteiger partial charge is 0.493 e. The number of methoxy groups -OCH3 is 1. The molecule has 2 aromatic carbocycles. The molecule has 0 spiro atoms. The molecule has 2 aromatic heterocycles. The zero-order valence-electron chi connectivity index (χ0n) is 20.8. The summed E-state index contributed by atoms with van der Waals surface area (Å²) in [6.45, 7) is 2.32. The monoisotopic (exact) mass is 516 g/mol. The van der Waals surface area contributed by atoms with Crippen molar-refractivity contribution in [1.82, 2.24) is 15.0 Å². The van der Waals surface area contributed by atoms with Gasteiger partial charge in [0.25, 0.3) is 11.5 Å². The van der Waals surface area contributed by atoms with Crippen LogP contribution in [0.1, 0.15) is 40.0 Å². The van der Waals surface area contributed by atoms with Gasteiger partial charge in [0.2, 0.25) is 0 Å². The lowest BCUT2D eigenvalue weighted by atomic mass is 9.97. The predicted molar refractivity (Wildman–Crippen MR) is 145 cm³/mol. The lowest BCUT2D eigenvalue weighted by molar-refractivity contribution is -0.121. The molecule has 37 heavy (non-hydrogen) atoms. The van der Waals surface area contributed by atoms with Gasteiger partial charge in [0.15, 0.2) is 11.5 Å². The highest BCUT2D eigenvalue weighted by atomic mass is 32.1. The number of hydrogen-bond acceptors (Lipinski definition) is 7. The standard InChI is InChI=1S/C28H28N4O4S/c1-18-7-9-19(10-8-18)16-36-22-12-11-20(13-23(22)35-2)14-30-31-25(33)15-32-17-29-27-26(28(32)34)21-5-3-4-6-24(21)37-27/h7-14,17H,3-6,15-16H2,1-2H3,(H,31,33)/b30-14-. The maximum Gasteiger partial charge on any atom is 0.262 e. The Kier molecular flexibility index (Phi) is 7.32. The highest BCUT2D eigenvalue weighted by molar-refractivity contribution is 7.18. The van der Waals surface area contributed by atoms with Gasteiger partial charge in [-0.25, -0.2) is 10.4 Å². The van der Waals surface area contributed by atoms with E-state index < -0.39 is 5.91 Å². The fraction of sp³-hybridized carbons (Fsp3) is 0.286. The molecule has 0 radical (unpaired) electrons. The summed E-state index contributed by atoms with van der Waals surface area (Å²) in [5.74, 6) is 0.767. The number of aromatic nitrogens is 2. The Morgan fingerprint density at radius 3 is 2.78 bits per heavy atom. The highest BCUT2D eigenvalue weighted by Gasteiger charge is 2.20. The number of thiophene rings is 1. The van der Waals surface area contributed by atoms with Crippen LogP contribution in [-0.2, 0) is 30.8 Å². The lowest BCUT2D eigenvalue weighted by Crippen LogP contribution is -2.30. The molecule has 1 N–H and O–H groups in total. The molecule has 0 atom stereocenters. The van der Waals surface area contributed by atoms with Crippen LogP contribution in [0, 0.1) is 6.92 Å². The summed E-state index contributed by atoms with van der Waals surface area (Å²) in [6.07, 6.45) is 7.07. The minimum Gasteiger partial charge on any atom is -0.493 e. The van der Waals surface area contributed by atoms with E-state index in [0.717, 1.165) is 47.2 Å². The fourth-order valence-corrected chi connectivity index (χ4v) is 5.61. The predicted octanol–water partition coefficient (Wildman–Crippen LogP) is 4.38. The van der Waals surface area contributed by atoms with Crippen LogP contribution in [-0.4, -0.2) is 28.8 Å². The summed E-state index contributed by atoms with van der Waals surface area (Å²) in [7, 11) is 1.57. The molecule has 5 rings (SSSR count). The number of nitrogens with zero attached hydrogens (tertiary/aromatic N) is 3. The first-order chi connectivity index (χ1) is 18.0. The van der Waals surface area contributed by atoms with Crippen LogP contribution in [0.2, 0.25) is 0 Å². The van der Waals surface area contributed by atoms with Crippen molar-refractivity contribution in [2.45, 2.75) is 45.8 Å². The molecule has 0 unspecified atom stereocenters. The summed E-state index contributed by atoms with van der Waals surface area (Å²) < 4.78 is 12.7. The Hall–Kier alpha value is -3.98. The average molecular weight is 517 g/mol. The third-order valence-corrected chi connectivity index (χ3v) is 7.56. The topological polar surface area (TPSA) is 94.8 Å². The van der Waals surface area contributed by atoms with Crippen LogP contribution < -0.4 is 20.5 Å². The van der Waals surface area contributed by atoms with Crippen LogP contribution in [0.4, 0.5) is 0 Å². The van der Waals surface area contributed by atoms with Gasteiger partial charge in [-0.1, -0.05) is 29.8 Å². The van der Waals surface area contributed by atoms with E-state index in [9.17, 15) is 9.59 Å². The number of carbonyl (C=O) groups is 1. The first-order valence-electron chi connectivity index (χ1n) is 12.2. The van der Waals surface area contributed by atoms with Gasteiger partial charge in [-0.15, -0.1) is 11.3 Å². The normalized spacial score (nSPS) is 13.0. The number of carbonyl (C=O) groups excluding carboxylic acids is 1. The van der Waals surface area contributed by atoms with E-state index in [2.05, 4.69) is 15.5 Å². The zero-order chi connectivity index (χ0) is 25.8. The van der Waals surface area contributed by atoms with Gasteiger partial charge in [0.1, 0.15) is 18.0 Å². The molecule has 9 heteroatoms. The molecular weight excluding hydrogens is 488 g/mol. The molecule has 0 saturated heterocycles. The second-order valence-electron chi connectivity index (χ2n) is 9.05. The van der Waals surface area contributed by atoms with Gasteiger partial charge in [-0.3, -0.25) is 14.2 Å². The molecule has 0 aliphatic heterocycles. The number of aryl methyl sites for hydroxylation is 3. The van der Waals surface area contributed by atoms with Crippen molar-refractivity contribution >= 4 is 33.7 Å². The maximum atomic E-state index is 13.0. The Labute approximate surface area is 218 Å². The molecule has 2 heterocycles. The van der Waals surface area contributed by atoms with Crippen molar-refractivity contribution < 1.29 is 14.3 Å². The van der Waals surface area contributed by atoms with Crippen LogP contribution in [0.3, 0.4) is 0 Å². The van der Waals surface area contributed by atoms with E-state index in [4.69, 9.17) is 9.47 Å². The van der Waals surface area contributed by atoms with Crippen LogP contribution in [0.25, 0.3) is 10.2 Å². The Bertz CT molecular complexity index is 1520. The number of hydrogen-bond donors (Lipinski definition) is 1. The van der Waals surface area contributed by atoms with E-state index in [1.807, 2.05) is 37.3 Å². The van der Waals surface area contributed by atoms with Gasteiger partial charge >= 0.3 is 0 Å². The fourth-order valence-electron chi connectivity index (χ4n) is 4.39. The summed E-state index contributed by atoms with van der Waals surface area (Å²) in [6, 6.07) is 13.6. The molecule has 1 amide bonds. The van der Waals surface area contributed by atoms with Gasteiger partial charge in [0, 0.05) is 4.88 Å². The number of ether oxygens (including phenoxy) is 2. The number of rotatable bonds is 8. The van der Waals surface area contributed by atoms with Crippen LogP contribution in [0.15, 0.2) is 58.7 Å². The molecule has 0 bridgehead atoms. The van der Waals surface area contributed by atoms with E-state index in [1.165, 1.54) is 27.5 Å². The van der Waals surface area contributed by atoms with Gasteiger partial charge in [0.05, 0.1) is 25.0 Å². The number of amides is 1. The molecule has 8 nitrogen and oxygen atoms in total. The Morgan fingerprint density at radius 2 is 1.97 bits per heavy atom. The van der Waals surface area contributed by atoms with E-state index in [0.29, 0.717) is 23.5 Å². The second-order valence-corrected chi connectivity index (χ2v) is 10.1. The summed E-state index contributed by atoms with van der Waals surface area (Å²) in [5, 5.41) is 4.70. The first kappa shape index (κ1) is 24.7. The lowest BCUT2D eigenvalue weighted by Gasteiger charge is -2.11. The van der Waals surface area contributed by atoms with E-state index in [1.54, 1.807) is 30.6 Å². The van der Waals surface area contributed by atoms with Crippen molar-refractivity contribution in [3.05, 3.63) is 86.3 Å². The van der Waals surface area contributed by atoms with E-state index >= 15 is 0 Å². The number of benzene rings is 2. The number of nitrogens with one attached hydrogen (secondary N) is 1. The van der Waals surface area contributed by atoms with Gasteiger partial charge in [-0.2, -0.15) is 5.10 Å². The van der Waals surface area contributed by atoms with E-state index in [-0.39, 0.29) is 12.1 Å². The highest BCUT2D eigenvalue weighted by Crippen LogP contribution is 2.33. The number of hydrazone groups is 1. The second kappa shape index (κ2) is 11.0. The molecule has 0 saturated carbocycles. The van der Waals surface area contributed by atoms with Gasteiger partial charge < -0.3 is 9.47 Å². The summed E-state index contributed by atoms with van der Waals surface area (Å²) >= 11 is 1.59. The third kappa shape index (κ3) is 5.56. The minimum atomic E-state index is -0.409. The van der Waals surface area contributed by atoms with Crippen LogP contribution in [0.5, 0.6) is 11.5 Å². The quantitative estimate of drug-likeness (QED) is 0.277. The summed E-state index contributed by atoms with van der Waals surface area (Å²) in [5.41, 5.74) is 6.41. The number of fused-ring (bicyclic) bond motifs is 3. The smallest absolute Gasteiger partial charge is 0.262 e. The van der Waals surface area contributed by atoms with Crippen molar-refractivity contribution in [1.29, 1.82) is 0 Å². The molecule has 4 aromatic rings. The minimum absolute atomic E-state index is 0.154. The van der Waals surface area contributed by atoms with Crippen molar-refractivity contribution in [3.8, 4) is 11.5 Å². The molecular formula is C28H28N4O4S. The Balaban J connectivity index is 1.21.